The molecule has 0 bridgehead atoms. The number of amides is 2. The molecule has 0 heterocycles. The Labute approximate surface area is 121 Å². The molecule has 2 amide bonds. The van der Waals surface area contributed by atoms with Crippen LogP contribution in [0.4, 0.5) is 5.69 Å². The van der Waals surface area contributed by atoms with Gasteiger partial charge in [0.05, 0.1) is 13.2 Å². The van der Waals surface area contributed by atoms with E-state index in [0.29, 0.717) is 11.3 Å². The van der Waals surface area contributed by atoms with Crippen LogP contribution in [-0.4, -0.2) is 49.2 Å². The third-order valence-electron chi connectivity index (χ3n) is 2.55. The number of carbonyl (C=O) groups is 3. The predicted octanol–water partition coefficient (Wildman–Crippen LogP) is -0.786. The summed E-state index contributed by atoms with van der Waals surface area (Å²) in [4.78, 5) is 34.1. The largest absolute Gasteiger partial charge is 0.480 e. The van der Waals surface area contributed by atoms with Crippen LogP contribution in [0.1, 0.15) is 10.4 Å². The topological polar surface area (TPSA) is 131 Å². The van der Waals surface area contributed by atoms with Gasteiger partial charge >= 0.3 is 5.97 Å². The molecule has 0 aliphatic rings. The quantitative estimate of drug-likeness (QED) is 0.488. The SMILES string of the molecule is COCC(NC(=O)CNC(=O)c1ccc(N)cc1)C(=O)O. The lowest BCUT2D eigenvalue weighted by molar-refractivity contribution is -0.143. The number of carboxylic acid groups (broad SMARTS) is 1. The van der Waals surface area contributed by atoms with E-state index in [2.05, 4.69) is 15.4 Å². The van der Waals surface area contributed by atoms with Crippen LogP contribution in [0.15, 0.2) is 24.3 Å². The highest BCUT2D eigenvalue weighted by Gasteiger charge is 2.19. The van der Waals surface area contributed by atoms with E-state index < -0.39 is 23.8 Å². The van der Waals surface area contributed by atoms with Crippen molar-refractivity contribution < 1.29 is 24.2 Å². The molecule has 8 heteroatoms. The molecular weight excluding hydrogens is 278 g/mol. The van der Waals surface area contributed by atoms with Crippen molar-refractivity contribution in [3.8, 4) is 0 Å². The van der Waals surface area contributed by atoms with Crippen LogP contribution in [0, 0.1) is 0 Å². The Morgan fingerprint density at radius 1 is 1.29 bits per heavy atom. The van der Waals surface area contributed by atoms with Gasteiger partial charge in [0, 0.05) is 18.4 Å². The number of methoxy groups -OCH3 is 1. The molecule has 1 aromatic carbocycles. The average Bonchev–Trinajstić information content (AvgIpc) is 2.45. The number of nitrogens with two attached hydrogens (primary N) is 1. The van der Waals surface area contributed by atoms with Crippen molar-refractivity contribution in [1.29, 1.82) is 0 Å². The van der Waals surface area contributed by atoms with Gasteiger partial charge in [-0.3, -0.25) is 9.59 Å². The molecule has 0 saturated carbocycles. The molecule has 21 heavy (non-hydrogen) atoms. The van der Waals surface area contributed by atoms with Gasteiger partial charge in [0.2, 0.25) is 5.91 Å². The molecule has 0 radical (unpaired) electrons. The minimum Gasteiger partial charge on any atom is -0.480 e. The number of nitrogens with one attached hydrogen (secondary N) is 2. The van der Waals surface area contributed by atoms with E-state index in [1.165, 1.54) is 19.2 Å². The Hall–Kier alpha value is -2.61. The second kappa shape index (κ2) is 7.85. The monoisotopic (exact) mass is 295 g/mol. The minimum atomic E-state index is -1.21. The van der Waals surface area contributed by atoms with E-state index in [1.54, 1.807) is 12.1 Å². The van der Waals surface area contributed by atoms with Crippen molar-refractivity contribution in [1.82, 2.24) is 10.6 Å². The number of rotatable bonds is 7. The maximum atomic E-state index is 11.7. The maximum Gasteiger partial charge on any atom is 0.328 e. The van der Waals surface area contributed by atoms with E-state index in [0.717, 1.165) is 0 Å². The van der Waals surface area contributed by atoms with Gasteiger partial charge in [0.15, 0.2) is 6.04 Å². The number of ether oxygens (including phenoxy) is 1. The smallest absolute Gasteiger partial charge is 0.328 e. The molecule has 0 fully saturated rings. The van der Waals surface area contributed by atoms with Gasteiger partial charge in [-0.15, -0.1) is 0 Å². The number of carbonyl (C=O) groups excluding carboxylic acids is 2. The summed E-state index contributed by atoms with van der Waals surface area (Å²) in [6.45, 7) is -0.496. The van der Waals surface area contributed by atoms with Crippen LogP contribution in [0.3, 0.4) is 0 Å². The number of benzene rings is 1. The van der Waals surface area contributed by atoms with Gasteiger partial charge in [-0.1, -0.05) is 0 Å². The van der Waals surface area contributed by atoms with Crippen molar-refractivity contribution in [3.05, 3.63) is 29.8 Å². The molecule has 5 N–H and O–H groups in total. The molecule has 0 spiro atoms. The Bertz CT molecular complexity index is 515. The Balaban J connectivity index is 2.46. The molecule has 1 unspecified atom stereocenters. The van der Waals surface area contributed by atoms with Gasteiger partial charge in [0.25, 0.3) is 5.91 Å². The number of hydrogen-bond donors (Lipinski definition) is 4. The lowest BCUT2D eigenvalue weighted by Gasteiger charge is -2.13. The zero-order valence-electron chi connectivity index (χ0n) is 11.5. The summed E-state index contributed by atoms with van der Waals surface area (Å²) < 4.78 is 4.68. The molecular formula is C13H17N3O5. The third-order valence-corrected chi connectivity index (χ3v) is 2.55. The summed E-state index contributed by atoms with van der Waals surface area (Å²) in [5.74, 6) is -2.29. The summed E-state index contributed by atoms with van der Waals surface area (Å²) >= 11 is 0. The van der Waals surface area contributed by atoms with Gasteiger partial charge in [-0.25, -0.2) is 4.79 Å². The molecule has 0 aromatic heterocycles. The number of nitrogen functional groups attached to an aromatic ring is 1. The van der Waals surface area contributed by atoms with Crippen LogP contribution >= 0.6 is 0 Å². The Morgan fingerprint density at radius 3 is 2.43 bits per heavy atom. The fraction of sp³-hybridized carbons (Fsp3) is 0.308. The highest BCUT2D eigenvalue weighted by Crippen LogP contribution is 2.04. The highest BCUT2D eigenvalue weighted by molar-refractivity contribution is 5.97. The summed E-state index contributed by atoms with van der Waals surface area (Å²) in [5, 5.41) is 13.5. The maximum absolute atomic E-state index is 11.7. The van der Waals surface area contributed by atoms with E-state index in [9.17, 15) is 14.4 Å². The van der Waals surface area contributed by atoms with Crippen molar-refractivity contribution in [2.45, 2.75) is 6.04 Å². The van der Waals surface area contributed by atoms with Crippen molar-refractivity contribution in [2.75, 3.05) is 26.0 Å². The molecule has 8 nitrogen and oxygen atoms in total. The van der Waals surface area contributed by atoms with E-state index in [1.807, 2.05) is 0 Å². The number of anilines is 1. The zero-order valence-corrected chi connectivity index (χ0v) is 11.5. The van der Waals surface area contributed by atoms with Crippen LogP contribution in [-0.2, 0) is 14.3 Å². The van der Waals surface area contributed by atoms with Gasteiger partial charge in [-0.05, 0) is 24.3 Å². The first-order chi connectivity index (χ1) is 9.93. The molecule has 0 aliphatic carbocycles. The first-order valence-corrected chi connectivity index (χ1v) is 6.09. The molecule has 1 atom stereocenters. The van der Waals surface area contributed by atoms with Crippen LogP contribution in [0.2, 0.25) is 0 Å². The molecule has 0 aliphatic heterocycles. The number of carboxylic acids is 1. The van der Waals surface area contributed by atoms with Crippen molar-refractivity contribution in [3.63, 3.8) is 0 Å². The fourth-order valence-corrected chi connectivity index (χ4v) is 1.48. The summed E-state index contributed by atoms with van der Waals surface area (Å²) in [7, 11) is 1.32. The van der Waals surface area contributed by atoms with Gasteiger partial charge < -0.3 is 26.2 Å². The second-order valence-electron chi connectivity index (χ2n) is 4.22. The fourth-order valence-electron chi connectivity index (χ4n) is 1.48. The molecule has 1 aromatic rings. The lowest BCUT2D eigenvalue weighted by Crippen LogP contribution is -2.47. The number of hydrogen-bond acceptors (Lipinski definition) is 5. The lowest BCUT2D eigenvalue weighted by atomic mass is 10.2. The molecule has 1 rings (SSSR count). The first kappa shape index (κ1) is 16.4. The Kier molecular flexibility index (Phi) is 6.15. The van der Waals surface area contributed by atoms with Crippen LogP contribution in [0.5, 0.6) is 0 Å². The Morgan fingerprint density at radius 2 is 1.90 bits per heavy atom. The molecule has 114 valence electrons. The normalized spacial score (nSPS) is 11.5. The summed E-state index contributed by atoms with van der Waals surface area (Å²) in [5.41, 5.74) is 6.37. The van der Waals surface area contributed by atoms with Gasteiger partial charge in [-0.2, -0.15) is 0 Å². The average molecular weight is 295 g/mol. The minimum absolute atomic E-state index is 0.160. The van der Waals surface area contributed by atoms with Crippen molar-refractivity contribution >= 4 is 23.5 Å². The van der Waals surface area contributed by atoms with E-state index in [-0.39, 0.29) is 13.2 Å². The van der Waals surface area contributed by atoms with Crippen LogP contribution < -0.4 is 16.4 Å². The molecule has 0 saturated heterocycles. The first-order valence-electron chi connectivity index (χ1n) is 6.09. The number of aliphatic carboxylic acids is 1. The summed E-state index contributed by atoms with van der Waals surface area (Å²) in [6, 6.07) is 5.01. The second-order valence-corrected chi connectivity index (χ2v) is 4.22. The van der Waals surface area contributed by atoms with Crippen molar-refractivity contribution in [2.24, 2.45) is 0 Å². The zero-order chi connectivity index (χ0) is 15.8. The van der Waals surface area contributed by atoms with E-state index >= 15 is 0 Å². The standard InChI is InChI=1S/C13H17N3O5/c1-21-7-10(13(19)20)16-11(17)6-15-12(18)8-2-4-9(14)5-3-8/h2-5,10H,6-7,14H2,1H3,(H,15,18)(H,16,17)(H,19,20). The summed E-state index contributed by atoms with van der Waals surface area (Å²) in [6.07, 6.45) is 0. The third kappa shape index (κ3) is 5.49. The van der Waals surface area contributed by atoms with E-state index in [4.69, 9.17) is 10.8 Å². The highest BCUT2D eigenvalue weighted by atomic mass is 16.5. The van der Waals surface area contributed by atoms with Gasteiger partial charge in [0.1, 0.15) is 0 Å². The van der Waals surface area contributed by atoms with Crippen LogP contribution in [0.25, 0.3) is 0 Å². The predicted molar refractivity (Wildman–Crippen MR) is 74.6 cm³/mol.